The van der Waals surface area contributed by atoms with Gasteiger partial charge in [-0.05, 0) is 36.3 Å². The molecule has 132 valence electrons. The minimum absolute atomic E-state index is 0.107. The zero-order valence-electron chi connectivity index (χ0n) is 14.6. The molecule has 1 aliphatic carbocycles. The molecule has 25 heavy (non-hydrogen) atoms. The molecule has 0 spiro atoms. The molecule has 6 heteroatoms. The third-order valence-electron chi connectivity index (χ3n) is 4.64. The summed E-state index contributed by atoms with van der Waals surface area (Å²) in [5.41, 5.74) is 2.82. The number of hydrogen-bond acceptors (Lipinski definition) is 3. The number of hydrogen-bond donors (Lipinski definition) is 3. The van der Waals surface area contributed by atoms with Crippen molar-refractivity contribution in [2.45, 2.75) is 33.1 Å². The van der Waals surface area contributed by atoms with Crippen LogP contribution in [0.25, 0.3) is 10.4 Å². The average Bonchev–Trinajstić information content (AvgIpc) is 2.92. The predicted molar refractivity (Wildman–Crippen MR) is 101 cm³/mol. The number of para-hydroxylation sites is 1. The molecule has 1 aromatic carbocycles. The molecule has 0 unspecified atom stereocenters. The zero-order chi connectivity index (χ0) is 18.2. The first-order valence-corrected chi connectivity index (χ1v) is 9.10. The summed E-state index contributed by atoms with van der Waals surface area (Å²) in [4.78, 5) is 25.6. The molecule has 0 fully saturated rings. The van der Waals surface area contributed by atoms with Crippen LogP contribution >= 0.6 is 11.3 Å². The van der Waals surface area contributed by atoms with E-state index in [1.54, 1.807) is 24.5 Å². The number of carbonyl (C=O) groups excluding carboxylic acids is 1. The number of amides is 2. The third-order valence-corrected chi connectivity index (χ3v) is 5.96. The van der Waals surface area contributed by atoms with Gasteiger partial charge in [0.2, 0.25) is 0 Å². The summed E-state index contributed by atoms with van der Waals surface area (Å²) in [6, 6.07) is 7.01. The maximum atomic E-state index is 12.0. The number of aryl methyl sites for hydroxylation is 1. The van der Waals surface area contributed by atoms with Crippen LogP contribution in [0.1, 0.15) is 41.1 Å². The van der Waals surface area contributed by atoms with E-state index in [9.17, 15) is 14.7 Å². The summed E-state index contributed by atoms with van der Waals surface area (Å²) in [6.45, 7) is 4.36. The molecular weight excluding hydrogens is 336 g/mol. The molecule has 3 N–H and O–H groups in total. The van der Waals surface area contributed by atoms with Crippen LogP contribution in [-0.2, 0) is 12.8 Å². The van der Waals surface area contributed by atoms with Gasteiger partial charge in [-0.15, -0.1) is 11.3 Å². The number of fused-ring (bicyclic) bond motifs is 1. The Kier molecular flexibility index (Phi) is 4.56. The molecule has 0 aliphatic heterocycles. The number of urea groups is 1. The van der Waals surface area contributed by atoms with Crippen LogP contribution in [0.3, 0.4) is 0 Å². The third kappa shape index (κ3) is 3.39. The Morgan fingerprint density at radius 2 is 1.96 bits per heavy atom. The quantitative estimate of drug-likeness (QED) is 0.762. The number of carboxylic acid groups (broad SMARTS) is 1. The van der Waals surface area contributed by atoms with E-state index in [1.165, 1.54) is 0 Å². The summed E-state index contributed by atoms with van der Waals surface area (Å²) in [5.74, 6) is -0.903. The van der Waals surface area contributed by atoms with Crippen molar-refractivity contribution in [1.82, 2.24) is 5.32 Å². The van der Waals surface area contributed by atoms with E-state index < -0.39 is 5.97 Å². The van der Waals surface area contributed by atoms with Gasteiger partial charge in [-0.25, -0.2) is 9.59 Å². The Balaban J connectivity index is 2.15. The SMILES string of the molecule is CNC(=O)Nc1ccccc1-c1sc2c(c1C(=O)O)CC(C)(C)CC2. The maximum Gasteiger partial charge on any atom is 0.337 e. The van der Waals surface area contributed by atoms with Crippen molar-refractivity contribution in [3.63, 3.8) is 0 Å². The van der Waals surface area contributed by atoms with E-state index in [-0.39, 0.29) is 11.4 Å². The number of nitrogens with one attached hydrogen (secondary N) is 2. The van der Waals surface area contributed by atoms with Crippen molar-refractivity contribution in [2.24, 2.45) is 5.41 Å². The van der Waals surface area contributed by atoms with Crippen LogP contribution in [0.2, 0.25) is 0 Å². The second-order valence-electron chi connectivity index (χ2n) is 7.10. The van der Waals surface area contributed by atoms with Crippen molar-refractivity contribution in [3.05, 3.63) is 40.3 Å². The molecule has 1 aromatic heterocycles. The summed E-state index contributed by atoms with van der Waals surface area (Å²) in [7, 11) is 1.55. The highest BCUT2D eigenvalue weighted by Gasteiger charge is 2.33. The van der Waals surface area contributed by atoms with Gasteiger partial charge in [0.05, 0.1) is 16.1 Å². The van der Waals surface area contributed by atoms with Crippen molar-refractivity contribution < 1.29 is 14.7 Å². The topological polar surface area (TPSA) is 78.4 Å². The second kappa shape index (κ2) is 6.52. The van der Waals surface area contributed by atoms with Gasteiger partial charge >= 0.3 is 12.0 Å². The van der Waals surface area contributed by atoms with Crippen LogP contribution in [0.4, 0.5) is 10.5 Å². The van der Waals surface area contributed by atoms with Gasteiger partial charge in [-0.3, -0.25) is 0 Å². The molecular formula is C19H22N2O3S. The Morgan fingerprint density at radius 3 is 2.64 bits per heavy atom. The first-order valence-electron chi connectivity index (χ1n) is 8.28. The molecule has 2 amide bonds. The Bertz CT molecular complexity index is 839. The lowest BCUT2D eigenvalue weighted by Crippen LogP contribution is -2.24. The second-order valence-corrected chi connectivity index (χ2v) is 8.21. The van der Waals surface area contributed by atoms with E-state index in [2.05, 4.69) is 24.5 Å². The molecule has 1 aliphatic rings. The van der Waals surface area contributed by atoms with Gasteiger partial charge in [-0.2, -0.15) is 0 Å². The molecule has 5 nitrogen and oxygen atoms in total. The van der Waals surface area contributed by atoms with Gasteiger partial charge in [0, 0.05) is 17.5 Å². The van der Waals surface area contributed by atoms with E-state index >= 15 is 0 Å². The fourth-order valence-electron chi connectivity index (χ4n) is 3.31. The number of carboxylic acids is 1. The Labute approximate surface area is 151 Å². The normalized spacial score (nSPS) is 15.3. The van der Waals surface area contributed by atoms with Crippen LogP contribution in [0.15, 0.2) is 24.3 Å². The summed E-state index contributed by atoms with van der Waals surface area (Å²) >= 11 is 1.54. The lowest BCUT2D eigenvalue weighted by atomic mass is 9.76. The Morgan fingerprint density at radius 1 is 1.24 bits per heavy atom. The van der Waals surface area contributed by atoms with E-state index in [0.29, 0.717) is 11.3 Å². The summed E-state index contributed by atoms with van der Waals surface area (Å²) in [6.07, 6.45) is 2.72. The zero-order valence-corrected chi connectivity index (χ0v) is 15.4. The average molecular weight is 358 g/mol. The summed E-state index contributed by atoms with van der Waals surface area (Å²) < 4.78 is 0. The fraction of sp³-hybridized carbons (Fsp3) is 0.368. The van der Waals surface area contributed by atoms with Crippen molar-refractivity contribution in [3.8, 4) is 10.4 Å². The van der Waals surface area contributed by atoms with Gasteiger partial charge in [0.25, 0.3) is 0 Å². The van der Waals surface area contributed by atoms with Crippen LogP contribution in [0.5, 0.6) is 0 Å². The largest absolute Gasteiger partial charge is 0.478 e. The molecule has 0 bridgehead atoms. The van der Waals surface area contributed by atoms with Gasteiger partial charge in [-0.1, -0.05) is 32.0 Å². The number of carbonyl (C=O) groups is 2. The number of benzene rings is 1. The first-order chi connectivity index (χ1) is 11.8. The minimum Gasteiger partial charge on any atom is -0.478 e. The molecule has 1 heterocycles. The minimum atomic E-state index is -0.903. The monoisotopic (exact) mass is 358 g/mol. The molecule has 2 aromatic rings. The molecule has 0 saturated carbocycles. The van der Waals surface area contributed by atoms with Crippen LogP contribution in [-0.4, -0.2) is 24.2 Å². The highest BCUT2D eigenvalue weighted by molar-refractivity contribution is 7.16. The van der Waals surface area contributed by atoms with Crippen molar-refractivity contribution >= 4 is 29.0 Å². The highest BCUT2D eigenvalue weighted by atomic mass is 32.1. The molecule has 0 atom stereocenters. The highest BCUT2D eigenvalue weighted by Crippen LogP contribution is 2.46. The summed E-state index contributed by atoms with van der Waals surface area (Å²) in [5, 5.41) is 15.2. The van der Waals surface area contributed by atoms with Gasteiger partial charge in [0.1, 0.15) is 0 Å². The fourth-order valence-corrected chi connectivity index (χ4v) is 4.66. The predicted octanol–water partition coefficient (Wildman–Crippen LogP) is 4.38. The van der Waals surface area contributed by atoms with E-state index in [0.717, 1.165) is 40.1 Å². The standard InChI is InChI=1S/C19H22N2O3S/c1-19(2)9-8-14-12(10-19)15(17(22)23)16(25-14)11-6-4-5-7-13(11)21-18(24)20-3/h4-7H,8-10H2,1-3H3,(H,22,23)(H2,20,21,24). The van der Waals surface area contributed by atoms with E-state index in [1.807, 2.05) is 18.2 Å². The number of aromatic carboxylic acids is 1. The molecule has 0 saturated heterocycles. The first kappa shape index (κ1) is 17.5. The number of anilines is 1. The van der Waals surface area contributed by atoms with Crippen molar-refractivity contribution in [2.75, 3.05) is 12.4 Å². The molecule has 0 radical (unpaired) electrons. The Hall–Kier alpha value is -2.34. The smallest absolute Gasteiger partial charge is 0.337 e. The van der Waals surface area contributed by atoms with Gasteiger partial charge < -0.3 is 15.7 Å². The number of rotatable bonds is 3. The van der Waals surface area contributed by atoms with Crippen molar-refractivity contribution in [1.29, 1.82) is 0 Å². The maximum absolute atomic E-state index is 12.0. The number of thiophene rings is 1. The molecule has 3 rings (SSSR count). The van der Waals surface area contributed by atoms with Crippen LogP contribution in [0, 0.1) is 5.41 Å². The van der Waals surface area contributed by atoms with Gasteiger partial charge in [0.15, 0.2) is 0 Å². The lowest BCUT2D eigenvalue weighted by Gasteiger charge is -2.29. The lowest BCUT2D eigenvalue weighted by molar-refractivity contribution is 0.0696. The van der Waals surface area contributed by atoms with E-state index in [4.69, 9.17) is 0 Å². The van der Waals surface area contributed by atoms with Crippen LogP contribution < -0.4 is 10.6 Å².